The quantitative estimate of drug-likeness (QED) is 0.754. The Morgan fingerprint density at radius 1 is 1.19 bits per heavy atom. The van der Waals surface area contributed by atoms with Crippen LogP contribution in [0.2, 0.25) is 0 Å². The van der Waals surface area contributed by atoms with Crippen LogP contribution in [-0.2, 0) is 0 Å². The third-order valence-corrected chi connectivity index (χ3v) is 3.48. The van der Waals surface area contributed by atoms with Crippen molar-refractivity contribution in [2.45, 2.75) is 6.92 Å². The van der Waals surface area contributed by atoms with E-state index in [1.54, 1.807) is 6.20 Å². The van der Waals surface area contributed by atoms with Crippen molar-refractivity contribution in [3.8, 4) is 11.4 Å². The van der Waals surface area contributed by atoms with Crippen LogP contribution in [0.4, 0.5) is 11.6 Å². The third kappa shape index (κ3) is 3.26. The normalized spacial score (nSPS) is 14.6. The van der Waals surface area contributed by atoms with Crippen LogP contribution in [0, 0.1) is 6.92 Å². The minimum Gasteiger partial charge on any atom is -0.368 e. The summed E-state index contributed by atoms with van der Waals surface area (Å²) in [5, 5.41) is 3.35. The van der Waals surface area contributed by atoms with Gasteiger partial charge in [-0.2, -0.15) is 0 Å². The second-order valence-corrected chi connectivity index (χ2v) is 4.89. The zero-order valence-electron chi connectivity index (χ0n) is 12.2. The lowest BCUT2D eigenvalue weighted by atomic mass is 10.1. The Kier molecular flexibility index (Phi) is 4.66. The summed E-state index contributed by atoms with van der Waals surface area (Å²) in [6, 6.07) is 3.88. The van der Waals surface area contributed by atoms with Crippen LogP contribution >= 0.6 is 0 Å². The molecule has 1 aliphatic heterocycles. The molecule has 7 nitrogen and oxygen atoms in total. The van der Waals surface area contributed by atoms with Crippen molar-refractivity contribution in [3.63, 3.8) is 0 Å². The molecule has 112 valence electrons. The Morgan fingerprint density at radius 3 is 2.62 bits per heavy atom. The van der Waals surface area contributed by atoms with Gasteiger partial charge >= 0.3 is 0 Å². The molecule has 0 amide bonds. The molecule has 6 N–H and O–H groups in total. The maximum absolute atomic E-state index is 5.62. The standard InChI is InChI=1S/C14H18N6.H3N/c1-10-8-12(11-2-3-17-14(15)19-11)18-9-13(10)20-6-4-16-5-7-20;/h2-3,8-9,16H,4-7H2,1H3,(H2,15,17,19);1H3. The van der Waals surface area contributed by atoms with Gasteiger partial charge in [0.05, 0.1) is 23.3 Å². The van der Waals surface area contributed by atoms with Crippen LogP contribution in [0.3, 0.4) is 0 Å². The number of nitrogen functional groups attached to an aromatic ring is 1. The van der Waals surface area contributed by atoms with Crippen molar-refractivity contribution >= 4 is 11.6 Å². The van der Waals surface area contributed by atoms with E-state index < -0.39 is 0 Å². The molecule has 0 radical (unpaired) electrons. The lowest BCUT2D eigenvalue weighted by Gasteiger charge is -2.30. The Labute approximate surface area is 124 Å². The molecule has 0 unspecified atom stereocenters. The van der Waals surface area contributed by atoms with Crippen LogP contribution in [0.5, 0.6) is 0 Å². The molecule has 0 atom stereocenters. The maximum atomic E-state index is 5.62. The molecular formula is C14H21N7. The Hall–Kier alpha value is -2.25. The molecule has 0 aliphatic carbocycles. The molecule has 0 spiro atoms. The number of aryl methyl sites for hydroxylation is 1. The van der Waals surface area contributed by atoms with E-state index >= 15 is 0 Å². The van der Waals surface area contributed by atoms with Crippen LogP contribution in [0.25, 0.3) is 11.4 Å². The first-order valence-corrected chi connectivity index (χ1v) is 6.75. The summed E-state index contributed by atoms with van der Waals surface area (Å²) in [4.78, 5) is 15.0. The first kappa shape index (κ1) is 15.1. The van der Waals surface area contributed by atoms with E-state index in [0.29, 0.717) is 0 Å². The van der Waals surface area contributed by atoms with Crippen molar-refractivity contribution in [2.24, 2.45) is 0 Å². The van der Waals surface area contributed by atoms with Crippen molar-refractivity contribution in [1.29, 1.82) is 0 Å². The van der Waals surface area contributed by atoms with E-state index in [4.69, 9.17) is 5.73 Å². The molecule has 3 rings (SSSR count). The fraction of sp³-hybridized carbons (Fsp3) is 0.357. The largest absolute Gasteiger partial charge is 0.368 e. The van der Waals surface area contributed by atoms with E-state index in [9.17, 15) is 0 Å². The molecule has 2 aromatic heterocycles. The van der Waals surface area contributed by atoms with E-state index in [2.05, 4.69) is 38.2 Å². The molecule has 0 aromatic carbocycles. The molecule has 1 aliphatic rings. The molecular weight excluding hydrogens is 266 g/mol. The van der Waals surface area contributed by atoms with Crippen LogP contribution in [-0.4, -0.2) is 41.1 Å². The number of anilines is 2. The molecule has 0 saturated carbocycles. The molecule has 21 heavy (non-hydrogen) atoms. The number of rotatable bonds is 2. The number of nitrogens with one attached hydrogen (secondary N) is 1. The molecule has 1 fully saturated rings. The third-order valence-electron chi connectivity index (χ3n) is 3.48. The molecule has 1 saturated heterocycles. The fourth-order valence-electron chi connectivity index (χ4n) is 2.44. The topological polar surface area (TPSA) is 115 Å². The zero-order valence-corrected chi connectivity index (χ0v) is 12.2. The van der Waals surface area contributed by atoms with E-state index in [1.165, 1.54) is 11.3 Å². The summed E-state index contributed by atoms with van der Waals surface area (Å²) < 4.78 is 0. The highest BCUT2D eigenvalue weighted by Gasteiger charge is 2.14. The summed E-state index contributed by atoms with van der Waals surface area (Å²) in [5.41, 5.74) is 9.60. The lowest BCUT2D eigenvalue weighted by molar-refractivity contribution is 0.588. The molecule has 7 heteroatoms. The molecule has 0 bridgehead atoms. The summed E-state index contributed by atoms with van der Waals surface area (Å²) >= 11 is 0. The fourth-order valence-corrected chi connectivity index (χ4v) is 2.44. The van der Waals surface area contributed by atoms with Crippen molar-refractivity contribution in [2.75, 3.05) is 36.8 Å². The Bertz CT molecular complexity index is 608. The average Bonchev–Trinajstić information content (AvgIpc) is 2.48. The first-order valence-electron chi connectivity index (χ1n) is 6.75. The van der Waals surface area contributed by atoms with Gasteiger partial charge in [0.15, 0.2) is 0 Å². The second-order valence-electron chi connectivity index (χ2n) is 4.89. The van der Waals surface area contributed by atoms with Crippen molar-refractivity contribution in [1.82, 2.24) is 26.4 Å². The molecule has 3 heterocycles. The minimum absolute atomic E-state index is 0. The summed E-state index contributed by atoms with van der Waals surface area (Å²) in [6.07, 6.45) is 3.58. The van der Waals surface area contributed by atoms with Gasteiger partial charge in [-0.05, 0) is 24.6 Å². The number of piperazine rings is 1. The van der Waals surface area contributed by atoms with Gasteiger partial charge < -0.3 is 22.1 Å². The number of nitrogens with zero attached hydrogens (tertiary/aromatic N) is 4. The summed E-state index contributed by atoms with van der Waals surface area (Å²) in [5.74, 6) is 0.271. The second kappa shape index (κ2) is 6.47. The van der Waals surface area contributed by atoms with Gasteiger partial charge in [-0.3, -0.25) is 4.98 Å². The summed E-state index contributed by atoms with van der Waals surface area (Å²) in [7, 11) is 0. The van der Waals surface area contributed by atoms with Crippen LogP contribution in [0.1, 0.15) is 5.56 Å². The van der Waals surface area contributed by atoms with Gasteiger partial charge in [0, 0.05) is 32.4 Å². The highest BCUT2D eigenvalue weighted by molar-refractivity contribution is 5.62. The van der Waals surface area contributed by atoms with Crippen molar-refractivity contribution in [3.05, 3.63) is 30.1 Å². The van der Waals surface area contributed by atoms with Gasteiger partial charge in [0.25, 0.3) is 0 Å². The van der Waals surface area contributed by atoms with Gasteiger partial charge in [0.1, 0.15) is 0 Å². The van der Waals surface area contributed by atoms with Crippen LogP contribution in [0.15, 0.2) is 24.5 Å². The zero-order chi connectivity index (χ0) is 13.9. The Morgan fingerprint density at radius 2 is 1.95 bits per heavy atom. The number of hydrogen-bond donors (Lipinski definition) is 3. The number of aromatic nitrogens is 3. The first-order chi connectivity index (χ1) is 9.74. The highest BCUT2D eigenvalue weighted by atomic mass is 15.2. The number of nitrogens with two attached hydrogens (primary N) is 1. The minimum atomic E-state index is 0. The smallest absolute Gasteiger partial charge is 0.220 e. The maximum Gasteiger partial charge on any atom is 0.220 e. The average molecular weight is 287 g/mol. The predicted molar refractivity (Wildman–Crippen MR) is 84.5 cm³/mol. The van der Waals surface area contributed by atoms with Crippen molar-refractivity contribution < 1.29 is 0 Å². The van der Waals surface area contributed by atoms with Gasteiger partial charge in [0.2, 0.25) is 5.95 Å². The van der Waals surface area contributed by atoms with Gasteiger partial charge in [-0.25, -0.2) is 9.97 Å². The Balaban J connectivity index is 0.00000161. The molecule has 2 aromatic rings. The van der Waals surface area contributed by atoms with E-state index in [-0.39, 0.29) is 12.1 Å². The summed E-state index contributed by atoms with van der Waals surface area (Å²) in [6.45, 7) is 6.17. The van der Waals surface area contributed by atoms with Crippen LogP contribution < -0.4 is 22.1 Å². The van der Waals surface area contributed by atoms with E-state index in [1.807, 2.05) is 12.3 Å². The number of pyridine rings is 1. The SMILES string of the molecule is Cc1cc(-c2ccnc(N)n2)ncc1N1CCNCC1.N. The predicted octanol–water partition coefficient (Wildman–Crippen LogP) is 1.00. The lowest BCUT2D eigenvalue weighted by Crippen LogP contribution is -2.43. The van der Waals surface area contributed by atoms with Gasteiger partial charge in [-0.1, -0.05) is 0 Å². The monoisotopic (exact) mass is 287 g/mol. The van der Waals surface area contributed by atoms with E-state index in [0.717, 1.165) is 37.6 Å². The van der Waals surface area contributed by atoms with Gasteiger partial charge in [-0.15, -0.1) is 0 Å². The highest BCUT2D eigenvalue weighted by Crippen LogP contribution is 2.24. The number of hydrogen-bond acceptors (Lipinski definition) is 7.